The first-order chi connectivity index (χ1) is 10.7. The molecule has 0 radical (unpaired) electrons. The molecule has 0 saturated carbocycles. The van der Waals surface area contributed by atoms with Crippen molar-refractivity contribution in [2.75, 3.05) is 59.9 Å². The average Bonchev–Trinajstić information content (AvgIpc) is 2.99. The van der Waals surface area contributed by atoms with Crippen LogP contribution in [-0.2, 0) is 0 Å². The molecule has 1 N–H and O–H groups in total. The number of nitrogens with one attached hydrogen (secondary N) is 1. The van der Waals surface area contributed by atoms with E-state index in [-0.39, 0.29) is 0 Å². The lowest BCUT2D eigenvalue weighted by Gasteiger charge is -2.31. The minimum atomic E-state index is 0.689. The first kappa shape index (κ1) is 17.5. The lowest BCUT2D eigenvalue weighted by molar-refractivity contribution is 0.208. The monoisotopic (exact) mass is 309 g/mol. The van der Waals surface area contributed by atoms with Crippen LogP contribution in [0.1, 0.15) is 33.1 Å². The average molecular weight is 310 g/mol. The van der Waals surface area contributed by atoms with Crippen molar-refractivity contribution in [3.05, 3.63) is 0 Å². The normalized spacial score (nSPS) is 27.7. The first-order valence-electron chi connectivity index (χ1n) is 9.06. The zero-order valence-electron chi connectivity index (χ0n) is 15.0. The number of aliphatic imine (C=N–C) groups is 1. The van der Waals surface area contributed by atoms with Crippen molar-refractivity contribution in [1.29, 1.82) is 0 Å². The molecule has 0 amide bonds. The maximum absolute atomic E-state index is 4.52. The first-order valence-corrected chi connectivity index (χ1v) is 9.06. The van der Waals surface area contributed by atoms with Gasteiger partial charge in [-0.1, -0.05) is 13.8 Å². The van der Waals surface area contributed by atoms with Gasteiger partial charge in [-0.05, 0) is 51.9 Å². The number of hydrogen-bond donors (Lipinski definition) is 1. The van der Waals surface area contributed by atoms with Gasteiger partial charge in [-0.25, -0.2) is 0 Å². The molecule has 2 rings (SSSR count). The van der Waals surface area contributed by atoms with Crippen molar-refractivity contribution < 1.29 is 0 Å². The van der Waals surface area contributed by atoms with Crippen LogP contribution in [0.4, 0.5) is 0 Å². The molecular weight excluding hydrogens is 274 g/mol. The van der Waals surface area contributed by atoms with Crippen molar-refractivity contribution in [3.8, 4) is 0 Å². The van der Waals surface area contributed by atoms with E-state index in [2.05, 4.69) is 45.9 Å². The molecule has 0 spiro atoms. The van der Waals surface area contributed by atoms with E-state index in [1.54, 1.807) is 0 Å². The van der Waals surface area contributed by atoms with Gasteiger partial charge in [0.15, 0.2) is 5.96 Å². The summed E-state index contributed by atoms with van der Waals surface area (Å²) in [6, 6.07) is 0.689. The van der Waals surface area contributed by atoms with Gasteiger partial charge in [0.2, 0.25) is 0 Å². The van der Waals surface area contributed by atoms with Crippen molar-refractivity contribution in [3.63, 3.8) is 0 Å². The molecule has 5 nitrogen and oxygen atoms in total. The molecular formula is C17H35N5. The maximum atomic E-state index is 4.52. The van der Waals surface area contributed by atoms with Crippen LogP contribution in [0, 0.1) is 5.92 Å². The second-order valence-corrected chi connectivity index (χ2v) is 6.81. The molecule has 0 aromatic heterocycles. The van der Waals surface area contributed by atoms with Crippen LogP contribution < -0.4 is 5.32 Å². The molecule has 128 valence electrons. The molecule has 22 heavy (non-hydrogen) atoms. The highest BCUT2D eigenvalue weighted by molar-refractivity contribution is 5.80. The molecule has 2 heterocycles. The minimum absolute atomic E-state index is 0.689. The van der Waals surface area contributed by atoms with Crippen LogP contribution in [-0.4, -0.2) is 86.6 Å². The number of nitrogens with zero attached hydrogens (tertiary/aromatic N) is 4. The second-order valence-electron chi connectivity index (χ2n) is 6.81. The predicted octanol–water partition coefficient (Wildman–Crippen LogP) is 1.32. The summed E-state index contributed by atoms with van der Waals surface area (Å²) < 4.78 is 0. The molecule has 2 aliphatic heterocycles. The summed E-state index contributed by atoms with van der Waals surface area (Å²) >= 11 is 0. The fraction of sp³-hybridized carbons (Fsp3) is 0.941. The molecule has 0 aliphatic carbocycles. The Kier molecular flexibility index (Phi) is 6.96. The van der Waals surface area contributed by atoms with Gasteiger partial charge in [0, 0.05) is 39.3 Å². The molecule has 0 bridgehead atoms. The van der Waals surface area contributed by atoms with Crippen molar-refractivity contribution in [2.24, 2.45) is 10.9 Å². The van der Waals surface area contributed by atoms with E-state index in [4.69, 9.17) is 0 Å². The number of hydrogen-bond acceptors (Lipinski definition) is 3. The fourth-order valence-corrected chi connectivity index (χ4v) is 3.98. The lowest BCUT2D eigenvalue weighted by Crippen LogP contribution is -2.46. The van der Waals surface area contributed by atoms with Crippen LogP contribution in [0.25, 0.3) is 0 Å². The van der Waals surface area contributed by atoms with Gasteiger partial charge in [-0.3, -0.25) is 9.89 Å². The van der Waals surface area contributed by atoms with E-state index in [0.717, 1.165) is 44.6 Å². The van der Waals surface area contributed by atoms with Crippen LogP contribution >= 0.6 is 0 Å². The third-order valence-electron chi connectivity index (χ3n) is 5.27. The van der Waals surface area contributed by atoms with E-state index >= 15 is 0 Å². The summed E-state index contributed by atoms with van der Waals surface area (Å²) in [6.07, 6.45) is 3.93. The molecule has 0 aromatic carbocycles. The van der Waals surface area contributed by atoms with Gasteiger partial charge in [0.25, 0.3) is 0 Å². The molecule has 2 atom stereocenters. The highest BCUT2D eigenvalue weighted by atomic mass is 15.3. The maximum Gasteiger partial charge on any atom is 0.193 e. The van der Waals surface area contributed by atoms with Gasteiger partial charge >= 0.3 is 0 Å². The summed E-state index contributed by atoms with van der Waals surface area (Å²) in [7, 11) is 4.15. The highest BCUT2D eigenvalue weighted by Gasteiger charge is 2.28. The Morgan fingerprint density at radius 3 is 2.59 bits per heavy atom. The van der Waals surface area contributed by atoms with Gasteiger partial charge in [-0.2, -0.15) is 0 Å². The number of piperidine rings is 1. The van der Waals surface area contributed by atoms with E-state index < -0.39 is 0 Å². The number of likely N-dealkylation sites (N-methyl/N-ethyl adjacent to an activating group) is 1. The van der Waals surface area contributed by atoms with Crippen LogP contribution in [0.15, 0.2) is 4.99 Å². The molecule has 2 aliphatic rings. The van der Waals surface area contributed by atoms with E-state index in [1.165, 1.54) is 32.4 Å². The summed E-state index contributed by atoms with van der Waals surface area (Å²) in [4.78, 5) is 12.0. The van der Waals surface area contributed by atoms with Gasteiger partial charge in [0.1, 0.15) is 0 Å². The standard InChI is InChI=1S/C17H35N5/c1-5-21(6-2)16-9-11-22(14-16)17(18-3)19-12-15-8-7-10-20(4)13-15/h15-16H,5-14H2,1-4H3,(H,18,19). The molecule has 0 aromatic rings. The van der Waals surface area contributed by atoms with Crippen molar-refractivity contribution in [2.45, 2.75) is 39.2 Å². The third-order valence-corrected chi connectivity index (χ3v) is 5.27. The van der Waals surface area contributed by atoms with Gasteiger partial charge in [-0.15, -0.1) is 0 Å². The summed E-state index contributed by atoms with van der Waals surface area (Å²) in [5, 5.41) is 3.63. The minimum Gasteiger partial charge on any atom is -0.356 e. The van der Waals surface area contributed by atoms with E-state index in [1.807, 2.05) is 7.05 Å². The summed E-state index contributed by atoms with van der Waals surface area (Å²) in [5.41, 5.74) is 0. The van der Waals surface area contributed by atoms with E-state index in [0.29, 0.717) is 6.04 Å². The predicted molar refractivity (Wildman–Crippen MR) is 94.5 cm³/mol. The lowest BCUT2D eigenvalue weighted by atomic mass is 9.99. The smallest absolute Gasteiger partial charge is 0.193 e. The van der Waals surface area contributed by atoms with Crippen LogP contribution in [0.5, 0.6) is 0 Å². The number of rotatable bonds is 5. The van der Waals surface area contributed by atoms with Crippen LogP contribution in [0.2, 0.25) is 0 Å². The highest BCUT2D eigenvalue weighted by Crippen LogP contribution is 2.17. The SMILES string of the molecule is CCN(CC)C1CCN(C(=NC)NCC2CCCN(C)C2)C1. The molecule has 2 unspecified atom stereocenters. The van der Waals surface area contributed by atoms with Gasteiger partial charge < -0.3 is 15.1 Å². The summed E-state index contributed by atoms with van der Waals surface area (Å²) in [5.74, 6) is 1.86. The molecule has 2 fully saturated rings. The Morgan fingerprint density at radius 1 is 1.18 bits per heavy atom. The zero-order chi connectivity index (χ0) is 15.9. The quantitative estimate of drug-likeness (QED) is 0.613. The largest absolute Gasteiger partial charge is 0.356 e. The Morgan fingerprint density at radius 2 is 1.95 bits per heavy atom. The molecule has 2 saturated heterocycles. The van der Waals surface area contributed by atoms with Crippen molar-refractivity contribution >= 4 is 5.96 Å². The number of likely N-dealkylation sites (tertiary alicyclic amines) is 2. The molecule has 5 heteroatoms. The Bertz CT molecular complexity index is 353. The van der Waals surface area contributed by atoms with Crippen LogP contribution in [0.3, 0.4) is 0 Å². The summed E-state index contributed by atoms with van der Waals surface area (Å²) in [6.45, 7) is 12.6. The Labute approximate surface area is 136 Å². The topological polar surface area (TPSA) is 34.1 Å². The van der Waals surface area contributed by atoms with Gasteiger partial charge in [0.05, 0.1) is 0 Å². The number of guanidine groups is 1. The Balaban J connectivity index is 1.80. The zero-order valence-corrected chi connectivity index (χ0v) is 15.0. The second kappa shape index (κ2) is 8.73. The van der Waals surface area contributed by atoms with Crippen molar-refractivity contribution in [1.82, 2.24) is 20.0 Å². The third kappa shape index (κ3) is 4.59. The fourth-order valence-electron chi connectivity index (χ4n) is 3.98. The Hall–Kier alpha value is -0.810. The van der Waals surface area contributed by atoms with E-state index in [9.17, 15) is 0 Å².